The molecule has 74 valence electrons. The molecule has 3 heteroatoms. The van der Waals surface area contributed by atoms with Crippen molar-refractivity contribution in [1.29, 1.82) is 0 Å². The van der Waals surface area contributed by atoms with Gasteiger partial charge in [0.2, 0.25) is 0 Å². The van der Waals surface area contributed by atoms with Crippen molar-refractivity contribution in [2.45, 2.75) is 18.9 Å². The van der Waals surface area contributed by atoms with Crippen molar-refractivity contribution in [1.82, 2.24) is 0 Å². The molecule has 1 heterocycles. The number of aryl methyl sites for hydroxylation is 1. The first-order chi connectivity index (χ1) is 6.76. The van der Waals surface area contributed by atoms with E-state index in [1.165, 1.54) is 21.2 Å². The van der Waals surface area contributed by atoms with Crippen LogP contribution in [0, 0.1) is 6.92 Å². The smallest absolute Gasteiger partial charge is 0.0774 e. The van der Waals surface area contributed by atoms with Gasteiger partial charge in [-0.3, -0.25) is 0 Å². The van der Waals surface area contributed by atoms with E-state index in [-0.39, 0.29) is 6.61 Å². The van der Waals surface area contributed by atoms with Crippen LogP contribution < -0.4 is 0 Å². The van der Waals surface area contributed by atoms with Crippen LogP contribution in [0.4, 0.5) is 0 Å². The monoisotopic (exact) mass is 270 g/mol. The highest BCUT2D eigenvalue weighted by Gasteiger charge is 2.07. The van der Waals surface area contributed by atoms with Crippen LogP contribution >= 0.6 is 27.3 Å². The summed E-state index contributed by atoms with van der Waals surface area (Å²) in [6.07, 6.45) is 0. The van der Waals surface area contributed by atoms with Gasteiger partial charge in [-0.15, -0.1) is 11.3 Å². The third-order valence-electron chi connectivity index (χ3n) is 2.36. The van der Waals surface area contributed by atoms with Crippen molar-refractivity contribution in [2.24, 2.45) is 0 Å². The largest absolute Gasteiger partial charge is 0.391 e. The standard InChI is InChI=1S/C11H11BrOS/c1-7-2-3-8-4-9(6-13)14-11(8)10(7)5-12/h2-4,13H,5-6H2,1H3. The molecule has 0 amide bonds. The Hall–Kier alpha value is -0.380. The normalized spacial score (nSPS) is 11.1. The summed E-state index contributed by atoms with van der Waals surface area (Å²) in [6.45, 7) is 2.26. The molecule has 0 bridgehead atoms. The third-order valence-corrected chi connectivity index (χ3v) is 4.12. The van der Waals surface area contributed by atoms with Gasteiger partial charge in [-0.2, -0.15) is 0 Å². The summed E-state index contributed by atoms with van der Waals surface area (Å²) in [4.78, 5) is 1.04. The van der Waals surface area contributed by atoms with Crippen molar-refractivity contribution in [3.63, 3.8) is 0 Å². The first-order valence-electron chi connectivity index (χ1n) is 4.44. The van der Waals surface area contributed by atoms with Gasteiger partial charge >= 0.3 is 0 Å². The average molecular weight is 271 g/mol. The first-order valence-corrected chi connectivity index (χ1v) is 6.37. The second-order valence-electron chi connectivity index (χ2n) is 3.28. The van der Waals surface area contributed by atoms with Gasteiger partial charge in [0.25, 0.3) is 0 Å². The first kappa shape index (κ1) is 10.1. The molecule has 0 saturated carbocycles. The summed E-state index contributed by atoms with van der Waals surface area (Å²) in [5.74, 6) is 0. The number of hydrogen-bond acceptors (Lipinski definition) is 2. The van der Waals surface area contributed by atoms with Crippen molar-refractivity contribution in [3.8, 4) is 0 Å². The van der Waals surface area contributed by atoms with Gasteiger partial charge in [-0.1, -0.05) is 28.1 Å². The lowest BCUT2D eigenvalue weighted by Crippen LogP contribution is -1.83. The topological polar surface area (TPSA) is 20.2 Å². The zero-order valence-electron chi connectivity index (χ0n) is 7.88. The number of thiophene rings is 1. The quantitative estimate of drug-likeness (QED) is 0.827. The van der Waals surface area contributed by atoms with Gasteiger partial charge in [-0.05, 0) is 29.5 Å². The van der Waals surface area contributed by atoms with E-state index in [9.17, 15) is 0 Å². The van der Waals surface area contributed by atoms with Crippen LogP contribution in [0.3, 0.4) is 0 Å². The maximum absolute atomic E-state index is 9.07. The molecule has 0 saturated heterocycles. The molecule has 2 rings (SSSR count). The Labute approximate surface area is 95.5 Å². The van der Waals surface area contributed by atoms with Crippen LogP contribution in [-0.2, 0) is 11.9 Å². The van der Waals surface area contributed by atoms with Crippen molar-refractivity contribution >= 4 is 37.4 Å². The van der Waals surface area contributed by atoms with E-state index in [1.54, 1.807) is 11.3 Å². The Balaban J connectivity index is 2.73. The molecule has 0 spiro atoms. The number of fused-ring (bicyclic) bond motifs is 1. The lowest BCUT2D eigenvalue weighted by molar-refractivity contribution is 0.285. The SMILES string of the molecule is Cc1ccc2cc(CO)sc2c1CBr. The van der Waals surface area contributed by atoms with E-state index in [0.717, 1.165) is 10.2 Å². The zero-order valence-corrected chi connectivity index (χ0v) is 10.3. The second-order valence-corrected chi connectivity index (χ2v) is 4.98. The molecule has 1 N–H and O–H groups in total. The molecule has 0 unspecified atom stereocenters. The molecule has 1 aromatic heterocycles. The van der Waals surface area contributed by atoms with Gasteiger partial charge in [0, 0.05) is 14.9 Å². The number of halogens is 1. The van der Waals surface area contributed by atoms with Gasteiger partial charge < -0.3 is 5.11 Å². The van der Waals surface area contributed by atoms with Gasteiger partial charge in [0.15, 0.2) is 0 Å². The molecule has 0 aliphatic heterocycles. The molecule has 1 aromatic carbocycles. The van der Waals surface area contributed by atoms with E-state index in [4.69, 9.17) is 5.11 Å². The fourth-order valence-corrected chi connectivity index (χ4v) is 3.58. The van der Waals surface area contributed by atoms with Crippen LogP contribution in [0.1, 0.15) is 16.0 Å². The Morgan fingerprint density at radius 3 is 2.86 bits per heavy atom. The van der Waals surface area contributed by atoms with Crippen LogP contribution in [0.2, 0.25) is 0 Å². The number of rotatable bonds is 2. The Morgan fingerprint density at radius 1 is 1.43 bits per heavy atom. The van der Waals surface area contributed by atoms with Crippen LogP contribution in [0.5, 0.6) is 0 Å². The highest BCUT2D eigenvalue weighted by molar-refractivity contribution is 9.08. The molecule has 0 atom stereocenters. The summed E-state index contributed by atoms with van der Waals surface area (Å²) < 4.78 is 1.30. The maximum Gasteiger partial charge on any atom is 0.0774 e. The number of aliphatic hydroxyl groups is 1. The minimum Gasteiger partial charge on any atom is -0.391 e. The molecular weight excluding hydrogens is 260 g/mol. The van der Waals surface area contributed by atoms with E-state index < -0.39 is 0 Å². The molecule has 0 fully saturated rings. The lowest BCUT2D eigenvalue weighted by Gasteiger charge is -2.02. The number of benzene rings is 1. The van der Waals surface area contributed by atoms with Gasteiger partial charge in [0.1, 0.15) is 0 Å². The van der Waals surface area contributed by atoms with E-state index in [0.29, 0.717) is 0 Å². The highest BCUT2D eigenvalue weighted by atomic mass is 79.9. The van der Waals surface area contributed by atoms with Gasteiger partial charge in [-0.25, -0.2) is 0 Å². The molecule has 14 heavy (non-hydrogen) atoms. The predicted octanol–water partition coefficient (Wildman–Crippen LogP) is 3.60. The van der Waals surface area contributed by atoms with Crippen LogP contribution in [0.15, 0.2) is 18.2 Å². The Kier molecular flexibility index (Phi) is 2.91. The highest BCUT2D eigenvalue weighted by Crippen LogP contribution is 2.31. The molecule has 1 nitrogen and oxygen atoms in total. The minimum absolute atomic E-state index is 0.139. The summed E-state index contributed by atoms with van der Waals surface area (Å²) in [7, 11) is 0. The van der Waals surface area contributed by atoms with Crippen LogP contribution in [-0.4, -0.2) is 5.11 Å². The summed E-state index contributed by atoms with van der Waals surface area (Å²) in [5.41, 5.74) is 2.65. The zero-order chi connectivity index (χ0) is 10.1. The minimum atomic E-state index is 0.139. The fraction of sp³-hybridized carbons (Fsp3) is 0.273. The van der Waals surface area contributed by atoms with Gasteiger partial charge in [0.05, 0.1) is 6.61 Å². The van der Waals surface area contributed by atoms with E-state index in [1.807, 2.05) is 0 Å². The fourth-order valence-electron chi connectivity index (χ4n) is 1.56. The molecule has 0 radical (unpaired) electrons. The molecule has 0 aliphatic carbocycles. The molecular formula is C11H11BrOS. The second kappa shape index (κ2) is 4.01. The van der Waals surface area contributed by atoms with Crippen molar-refractivity contribution in [2.75, 3.05) is 0 Å². The number of hydrogen-bond donors (Lipinski definition) is 1. The number of aliphatic hydroxyl groups excluding tert-OH is 1. The van der Waals surface area contributed by atoms with Crippen molar-refractivity contribution in [3.05, 3.63) is 34.2 Å². The third kappa shape index (κ3) is 1.60. The van der Waals surface area contributed by atoms with Crippen molar-refractivity contribution < 1.29 is 5.11 Å². The summed E-state index contributed by atoms with van der Waals surface area (Å²) in [5, 5.41) is 11.2. The molecule has 2 aromatic rings. The number of alkyl halides is 1. The Morgan fingerprint density at radius 2 is 2.21 bits per heavy atom. The summed E-state index contributed by atoms with van der Waals surface area (Å²) in [6, 6.07) is 6.31. The van der Waals surface area contributed by atoms with E-state index >= 15 is 0 Å². The summed E-state index contributed by atoms with van der Waals surface area (Å²) >= 11 is 5.19. The lowest BCUT2D eigenvalue weighted by atomic mass is 10.1. The Bertz CT molecular complexity index is 462. The predicted molar refractivity (Wildman–Crippen MR) is 65.1 cm³/mol. The molecule has 0 aliphatic rings. The van der Waals surface area contributed by atoms with Crippen LogP contribution in [0.25, 0.3) is 10.1 Å². The maximum atomic E-state index is 9.07. The average Bonchev–Trinajstić information content (AvgIpc) is 2.60. The van der Waals surface area contributed by atoms with E-state index in [2.05, 4.69) is 41.1 Å².